The van der Waals surface area contributed by atoms with Gasteiger partial charge in [0.15, 0.2) is 0 Å². The molecule has 0 radical (unpaired) electrons. The van der Waals surface area contributed by atoms with E-state index in [1.807, 2.05) is 19.1 Å². The standard InChI is InChI=1S/C10H17NO3/c1-8-2-3-10(14-8)4-5-11-6-9(13)7-12/h2-3,9,11-13H,4-7H2,1H3. The average Bonchev–Trinajstić information content (AvgIpc) is 2.58. The zero-order valence-corrected chi connectivity index (χ0v) is 8.36. The second-order valence-corrected chi connectivity index (χ2v) is 3.30. The van der Waals surface area contributed by atoms with Crippen LogP contribution in [-0.4, -0.2) is 36.0 Å². The molecule has 4 nitrogen and oxygen atoms in total. The van der Waals surface area contributed by atoms with Gasteiger partial charge in [-0.2, -0.15) is 0 Å². The highest BCUT2D eigenvalue weighted by atomic mass is 16.3. The van der Waals surface area contributed by atoms with Gasteiger partial charge in [0.2, 0.25) is 0 Å². The van der Waals surface area contributed by atoms with E-state index in [0.717, 1.165) is 24.5 Å². The van der Waals surface area contributed by atoms with Gasteiger partial charge in [-0.3, -0.25) is 0 Å². The summed E-state index contributed by atoms with van der Waals surface area (Å²) in [7, 11) is 0. The second-order valence-electron chi connectivity index (χ2n) is 3.30. The van der Waals surface area contributed by atoms with E-state index in [9.17, 15) is 0 Å². The lowest BCUT2D eigenvalue weighted by molar-refractivity contribution is 0.0946. The molecular formula is C10H17NO3. The fraction of sp³-hybridized carbons (Fsp3) is 0.600. The molecule has 0 fully saturated rings. The molecule has 1 heterocycles. The van der Waals surface area contributed by atoms with Crippen LogP contribution in [0.4, 0.5) is 0 Å². The number of furan rings is 1. The molecule has 1 aromatic rings. The average molecular weight is 199 g/mol. The molecule has 1 unspecified atom stereocenters. The molecule has 0 saturated heterocycles. The lowest BCUT2D eigenvalue weighted by Gasteiger charge is -2.07. The van der Waals surface area contributed by atoms with Gasteiger partial charge in [-0.15, -0.1) is 0 Å². The van der Waals surface area contributed by atoms with E-state index in [-0.39, 0.29) is 6.61 Å². The molecule has 3 N–H and O–H groups in total. The minimum atomic E-state index is -0.673. The maximum Gasteiger partial charge on any atom is 0.105 e. The number of aliphatic hydroxyl groups is 2. The number of aliphatic hydroxyl groups excluding tert-OH is 2. The summed E-state index contributed by atoms with van der Waals surface area (Å²) in [5, 5.41) is 20.6. The van der Waals surface area contributed by atoms with Gasteiger partial charge in [-0.05, 0) is 19.1 Å². The molecule has 0 aliphatic carbocycles. The van der Waals surface area contributed by atoms with Crippen LogP contribution in [-0.2, 0) is 6.42 Å². The third-order valence-corrected chi connectivity index (χ3v) is 1.93. The highest BCUT2D eigenvalue weighted by Gasteiger charge is 2.01. The number of aryl methyl sites for hydroxylation is 1. The van der Waals surface area contributed by atoms with Crippen molar-refractivity contribution >= 4 is 0 Å². The summed E-state index contributed by atoms with van der Waals surface area (Å²) in [5.41, 5.74) is 0. The predicted molar refractivity (Wildman–Crippen MR) is 53.1 cm³/mol. The Balaban J connectivity index is 2.10. The first-order chi connectivity index (χ1) is 6.72. The fourth-order valence-corrected chi connectivity index (χ4v) is 1.16. The molecule has 0 aliphatic heterocycles. The van der Waals surface area contributed by atoms with Crippen LogP contribution in [0.5, 0.6) is 0 Å². The van der Waals surface area contributed by atoms with Gasteiger partial charge in [0.25, 0.3) is 0 Å². The van der Waals surface area contributed by atoms with E-state index in [0.29, 0.717) is 6.54 Å². The van der Waals surface area contributed by atoms with Crippen LogP contribution in [0.1, 0.15) is 11.5 Å². The number of hydrogen-bond acceptors (Lipinski definition) is 4. The van der Waals surface area contributed by atoms with E-state index in [2.05, 4.69) is 5.32 Å². The van der Waals surface area contributed by atoms with E-state index in [1.54, 1.807) is 0 Å². The van der Waals surface area contributed by atoms with Crippen molar-refractivity contribution in [3.8, 4) is 0 Å². The molecule has 14 heavy (non-hydrogen) atoms. The van der Waals surface area contributed by atoms with Crippen LogP contribution >= 0.6 is 0 Å². The molecule has 1 rings (SSSR count). The molecule has 1 aromatic heterocycles. The first-order valence-corrected chi connectivity index (χ1v) is 4.77. The molecule has 0 saturated carbocycles. The molecule has 0 aliphatic rings. The largest absolute Gasteiger partial charge is 0.466 e. The summed E-state index contributed by atoms with van der Waals surface area (Å²) >= 11 is 0. The third kappa shape index (κ3) is 3.91. The number of rotatable bonds is 6. The van der Waals surface area contributed by atoms with Gasteiger partial charge in [0, 0.05) is 19.5 Å². The molecule has 1 atom stereocenters. The molecular weight excluding hydrogens is 182 g/mol. The predicted octanol–water partition coefficient (Wildman–Crippen LogP) is 0.0733. The lowest BCUT2D eigenvalue weighted by atomic mass is 10.3. The van der Waals surface area contributed by atoms with Crippen molar-refractivity contribution in [2.75, 3.05) is 19.7 Å². The van der Waals surface area contributed by atoms with Crippen molar-refractivity contribution in [2.24, 2.45) is 0 Å². The van der Waals surface area contributed by atoms with Crippen molar-refractivity contribution in [1.82, 2.24) is 5.32 Å². The Morgan fingerprint density at radius 1 is 1.50 bits per heavy atom. The highest BCUT2D eigenvalue weighted by Crippen LogP contribution is 2.05. The van der Waals surface area contributed by atoms with E-state index in [4.69, 9.17) is 14.6 Å². The molecule has 0 spiro atoms. The SMILES string of the molecule is Cc1ccc(CCNCC(O)CO)o1. The Morgan fingerprint density at radius 2 is 2.29 bits per heavy atom. The van der Waals surface area contributed by atoms with Crippen molar-refractivity contribution in [3.63, 3.8) is 0 Å². The summed E-state index contributed by atoms with van der Waals surface area (Å²) in [5.74, 6) is 1.85. The first-order valence-electron chi connectivity index (χ1n) is 4.77. The molecule has 0 amide bonds. The quantitative estimate of drug-likeness (QED) is 0.567. The summed E-state index contributed by atoms with van der Waals surface area (Å²) in [6, 6.07) is 3.87. The third-order valence-electron chi connectivity index (χ3n) is 1.93. The summed E-state index contributed by atoms with van der Waals surface area (Å²) in [6.07, 6.45) is 0.125. The molecule has 0 bridgehead atoms. The lowest BCUT2D eigenvalue weighted by Crippen LogP contribution is -2.30. The van der Waals surface area contributed by atoms with Crippen molar-refractivity contribution in [1.29, 1.82) is 0 Å². The Labute approximate surface area is 83.6 Å². The maximum atomic E-state index is 9.02. The Hall–Kier alpha value is -0.840. The topological polar surface area (TPSA) is 65.6 Å². The normalized spacial score (nSPS) is 13.1. The van der Waals surface area contributed by atoms with Crippen LogP contribution in [0.2, 0.25) is 0 Å². The molecule has 0 aromatic carbocycles. The Kier molecular flexibility index (Phi) is 4.65. The Bertz CT molecular complexity index is 260. The fourth-order valence-electron chi connectivity index (χ4n) is 1.16. The minimum Gasteiger partial charge on any atom is -0.466 e. The number of hydrogen-bond donors (Lipinski definition) is 3. The van der Waals surface area contributed by atoms with Crippen molar-refractivity contribution in [3.05, 3.63) is 23.7 Å². The van der Waals surface area contributed by atoms with Gasteiger partial charge in [0.1, 0.15) is 11.5 Å². The molecule has 4 heteroatoms. The van der Waals surface area contributed by atoms with E-state index in [1.165, 1.54) is 0 Å². The van der Waals surface area contributed by atoms with Gasteiger partial charge >= 0.3 is 0 Å². The van der Waals surface area contributed by atoms with E-state index >= 15 is 0 Å². The summed E-state index contributed by atoms with van der Waals surface area (Å²) < 4.78 is 5.36. The minimum absolute atomic E-state index is 0.202. The smallest absolute Gasteiger partial charge is 0.105 e. The van der Waals surface area contributed by atoms with Crippen molar-refractivity contribution in [2.45, 2.75) is 19.4 Å². The van der Waals surface area contributed by atoms with Crippen LogP contribution in [0, 0.1) is 6.92 Å². The van der Waals surface area contributed by atoms with Crippen molar-refractivity contribution < 1.29 is 14.6 Å². The summed E-state index contributed by atoms with van der Waals surface area (Å²) in [6.45, 7) is 2.86. The van der Waals surface area contributed by atoms with Gasteiger partial charge < -0.3 is 19.9 Å². The van der Waals surface area contributed by atoms with Crippen LogP contribution in [0.3, 0.4) is 0 Å². The zero-order valence-electron chi connectivity index (χ0n) is 8.36. The van der Waals surface area contributed by atoms with Crippen LogP contribution in [0.15, 0.2) is 16.5 Å². The first kappa shape index (κ1) is 11.2. The second kappa shape index (κ2) is 5.80. The van der Waals surface area contributed by atoms with E-state index < -0.39 is 6.10 Å². The summed E-state index contributed by atoms with van der Waals surface area (Å²) in [4.78, 5) is 0. The molecule has 80 valence electrons. The maximum absolute atomic E-state index is 9.02. The Morgan fingerprint density at radius 3 is 2.86 bits per heavy atom. The van der Waals surface area contributed by atoms with Crippen LogP contribution < -0.4 is 5.32 Å². The van der Waals surface area contributed by atoms with Gasteiger partial charge in [0.05, 0.1) is 12.7 Å². The monoisotopic (exact) mass is 199 g/mol. The highest BCUT2D eigenvalue weighted by molar-refractivity contribution is 5.05. The van der Waals surface area contributed by atoms with Gasteiger partial charge in [-0.1, -0.05) is 0 Å². The van der Waals surface area contributed by atoms with Gasteiger partial charge in [-0.25, -0.2) is 0 Å². The zero-order chi connectivity index (χ0) is 10.4. The van der Waals surface area contributed by atoms with Crippen LogP contribution in [0.25, 0.3) is 0 Å². The number of nitrogens with one attached hydrogen (secondary N) is 1.